The first-order valence-electron chi connectivity index (χ1n) is 6.72. The fraction of sp³-hybridized carbons (Fsp3) is 0.375. The minimum atomic E-state index is 0.546. The molecule has 0 radical (unpaired) electrons. The Morgan fingerprint density at radius 2 is 2.21 bits per heavy atom. The molecule has 1 aromatic heterocycles. The Kier molecular flexibility index (Phi) is 5.95. The molecule has 1 N–H and O–H groups in total. The highest BCUT2D eigenvalue weighted by Crippen LogP contribution is 2.21. The van der Waals surface area contributed by atoms with Crippen molar-refractivity contribution in [1.82, 2.24) is 5.32 Å². The highest BCUT2D eigenvalue weighted by molar-refractivity contribution is 7.99. The van der Waals surface area contributed by atoms with Gasteiger partial charge in [0.1, 0.15) is 0 Å². The van der Waals surface area contributed by atoms with Crippen LogP contribution in [0.5, 0.6) is 0 Å². The zero-order valence-corrected chi connectivity index (χ0v) is 13.2. The van der Waals surface area contributed by atoms with Gasteiger partial charge in [0.05, 0.1) is 0 Å². The van der Waals surface area contributed by atoms with Crippen molar-refractivity contribution >= 4 is 23.1 Å². The molecule has 1 nitrogen and oxygen atoms in total. The summed E-state index contributed by atoms with van der Waals surface area (Å²) in [6.07, 6.45) is 1.12. The van der Waals surface area contributed by atoms with Gasteiger partial charge in [-0.25, -0.2) is 0 Å². The van der Waals surface area contributed by atoms with Crippen LogP contribution in [0.25, 0.3) is 0 Å². The summed E-state index contributed by atoms with van der Waals surface area (Å²) >= 11 is 3.73. The van der Waals surface area contributed by atoms with Crippen LogP contribution in [0.15, 0.2) is 46.0 Å². The second kappa shape index (κ2) is 7.73. The highest BCUT2D eigenvalue weighted by atomic mass is 32.2. The number of aryl methyl sites for hydroxylation is 1. The van der Waals surface area contributed by atoms with Gasteiger partial charge < -0.3 is 5.32 Å². The number of hydrogen-bond acceptors (Lipinski definition) is 3. The van der Waals surface area contributed by atoms with E-state index < -0.39 is 0 Å². The molecule has 0 fully saturated rings. The number of hydrogen-bond donors (Lipinski definition) is 1. The average molecular weight is 291 g/mol. The lowest BCUT2D eigenvalue weighted by Crippen LogP contribution is -2.33. The molecule has 3 heteroatoms. The first-order valence-corrected chi connectivity index (χ1v) is 8.64. The van der Waals surface area contributed by atoms with Crippen LogP contribution in [0, 0.1) is 6.92 Å². The molecule has 1 atom stereocenters. The number of rotatable bonds is 7. The molecule has 1 heterocycles. The van der Waals surface area contributed by atoms with E-state index in [2.05, 4.69) is 60.3 Å². The Balaban J connectivity index is 1.89. The van der Waals surface area contributed by atoms with Gasteiger partial charge in [-0.05, 0) is 54.4 Å². The average Bonchev–Trinajstić information content (AvgIpc) is 2.89. The monoisotopic (exact) mass is 291 g/mol. The van der Waals surface area contributed by atoms with Crippen LogP contribution in [-0.4, -0.2) is 18.3 Å². The van der Waals surface area contributed by atoms with E-state index in [0.717, 1.165) is 18.7 Å². The fourth-order valence-electron chi connectivity index (χ4n) is 2.07. The van der Waals surface area contributed by atoms with Crippen molar-refractivity contribution in [1.29, 1.82) is 0 Å². The van der Waals surface area contributed by atoms with Crippen molar-refractivity contribution in [2.45, 2.75) is 31.2 Å². The molecule has 2 rings (SSSR count). The highest BCUT2D eigenvalue weighted by Gasteiger charge is 2.09. The minimum absolute atomic E-state index is 0.546. The molecule has 0 aliphatic heterocycles. The zero-order chi connectivity index (χ0) is 13.5. The largest absolute Gasteiger partial charge is 0.313 e. The maximum Gasteiger partial charge on any atom is 0.0202 e. The van der Waals surface area contributed by atoms with Gasteiger partial charge >= 0.3 is 0 Å². The lowest BCUT2D eigenvalue weighted by molar-refractivity contribution is 0.573. The predicted octanol–water partition coefficient (Wildman–Crippen LogP) is 4.37. The summed E-state index contributed by atoms with van der Waals surface area (Å²) in [6, 6.07) is 11.5. The summed E-state index contributed by atoms with van der Waals surface area (Å²) in [5.74, 6) is 1.12. The Morgan fingerprint density at radius 1 is 1.32 bits per heavy atom. The zero-order valence-electron chi connectivity index (χ0n) is 11.6. The lowest BCUT2D eigenvalue weighted by atomic mass is 10.1. The van der Waals surface area contributed by atoms with E-state index in [0.29, 0.717) is 6.04 Å². The molecule has 1 aromatic carbocycles. The van der Waals surface area contributed by atoms with Crippen molar-refractivity contribution in [2.24, 2.45) is 0 Å². The quantitative estimate of drug-likeness (QED) is 0.760. The van der Waals surface area contributed by atoms with Crippen LogP contribution in [0.1, 0.15) is 18.1 Å². The summed E-state index contributed by atoms with van der Waals surface area (Å²) in [6.45, 7) is 5.36. The van der Waals surface area contributed by atoms with Crippen LogP contribution in [0.2, 0.25) is 0 Å². The second-order valence-electron chi connectivity index (χ2n) is 4.72. The van der Waals surface area contributed by atoms with Gasteiger partial charge in [0.15, 0.2) is 0 Å². The van der Waals surface area contributed by atoms with E-state index in [-0.39, 0.29) is 0 Å². The minimum Gasteiger partial charge on any atom is -0.313 e. The molecular weight excluding hydrogens is 270 g/mol. The van der Waals surface area contributed by atoms with Gasteiger partial charge in [-0.1, -0.05) is 24.6 Å². The van der Waals surface area contributed by atoms with Crippen molar-refractivity contribution in [3.8, 4) is 0 Å². The first-order chi connectivity index (χ1) is 9.28. The summed E-state index contributed by atoms with van der Waals surface area (Å²) in [5, 5.41) is 8.00. The predicted molar refractivity (Wildman–Crippen MR) is 87.4 cm³/mol. The van der Waals surface area contributed by atoms with Gasteiger partial charge in [0.25, 0.3) is 0 Å². The molecular formula is C16H21NS2. The first kappa shape index (κ1) is 14.6. The van der Waals surface area contributed by atoms with Crippen molar-refractivity contribution < 1.29 is 0 Å². The van der Waals surface area contributed by atoms with E-state index in [4.69, 9.17) is 0 Å². The molecule has 0 aliphatic rings. The Labute approximate surface area is 124 Å². The standard InChI is InChI=1S/C16H21NS2/c1-3-17-15(10-14-7-8-18-11-14)12-19-16-6-4-5-13(2)9-16/h4-9,11,15,17H,3,10,12H2,1-2H3. The van der Waals surface area contributed by atoms with Gasteiger partial charge in [0, 0.05) is 16.7 Å². The van der Waals surface area contributed by atoms with E-state index in [1.807, 2.05) is 11.8 Å². The van der Waals surface area contributed by atoms with E-state index in [1.54, 1.807) is 11.3 Å². The molecule has 102 valence electrons. The molecule has 2 aromatic rings. The van der Waals surface area contributed by atoms with Crippen molar-refractivity contribution in [3.05, 3.63) is 52.2 Å². The fourth-order valence-corrected chi connectivity index (χ4v) is 3.83. The Morgan fingerprint density at radius 3 is 2.89 bits per heavy atom. The Bertz CT molecular complexity index is 479. The molecule has 19 heavy (non-hydrogen) atoms. The van der Waals surface area contributed by atoms with Crippen LogP contribution in [0.4, 0.5) is 0 Å². The number of thioether (sulfide) groups is 1. The molecule has 1 unspecified atom stereocenters. The SMILES string of the molecule is CCNC(CSc1cccc(C)c1)Cc1ccsc1. The molecule has 0 aliphatic carbocycles. The summed E-state index contributed by atoms with van der Waals surface area (Å²) in [7, 11) is 0. The topological polar surface area (TPSA) is 12.0 Å². The molecule has 0 bridgehead atoms. The normalized spacial score (nSPS) is 12.5. The summed E-state index contributed by atoms with van der Waals surface area (Å²) < 4.78 is 0. The second-order valence-corrected chi connectivity index (χ2v) is 6.59. The third kappa shape index (κ3) is 5.01. The van der Waals surface area contributed by atoms with Crippen LogP contribution in [0.3, 0.4) is 0 Å². The van der Waals surface area contributed by atoms with Gasteiger partial charge in [-0.15, -0.1) is 11.8 Å². The van der Waals surface area contributed by atoms with Gasteiger partial charge in [-0.2, -0.15) is 11.3 Å². The van der Waals surface area contributed by atoms with Gasteiger partial charge in [0.2, 0.25) is 0 Å². The molecule has 0 saturated heterocycles. The van der Waals surface area contributed by atoms with Crippen LogP contribution in [-0.2, 0) is 6.42 Å². The molecule has 0 amide bonds. The summed E-state index contributed by atoms with van der Waals surface area (Å²) in [4.78, 5) is 1.37. The van der Waals surface area contributed by atoms with Gasteiger partial charge in [-0.3, -0.25) is 0 Å². The smallest absolute Gasteiger partial charge is 0.0202 e. The summed E-state index contributed by atoms with van der Waals surface area (Å²) in [5.41, 5.74) is 2.78. The van der Waals surface area contributed by atoms with E-state index >= 15 is 0 Å². The molecule has 0 spiro atoms. The van der Waals surface area contributed by atoms with Crippen molar-refractivity contribution in [3.63, 3.8) is 0 Å². The lowest BCUT2D eigenvalue weighted by Gasteiger charge is -2.17. The number of nitrogens with one attached hydrogen (secondary N) is 1. The maximum absolute atomic E-state index is 3.59. The molecule has 0 saturated carbocycles. The van der Waals surface area contributed by atoms with Crippen LogP contribution >= 0.6 is 23.1 Å². The number of thiophene rings is 1. The maximum atomic E-state index is 3.59. The number of likely N-dealkylation sites (N-methyl/N-ethyl adjacent to an activating group) is 1. The van der Waals surface area contributed by atoms with Crippen molar-refractivity contribution in [2.75, 3.05) is 12.3 Å². The van der Waals surface area contributed by atoms with E-state index in [1.165, 1.54) is 16.0 Å². The van der Waals surface area contributed by atoms with E-state index in [9.17, 15) is 0 Å². The van der Waals surface area contributed by atoms with Crippen LogP contribution < -0.4 is 5.32 Å². The number of benzene rings is 1. The third-order valence-electron chi connectivity index (χ3n) is 3.00. The third-order valence-corrected chi connectivity index (χ3v) is 4.88. The Hall–Kier alpha value is -0.770.